The third kappa shape index (κ3) is 5.36. The van der Waals surface area contributed by atoms with E-state index < -0.39 is 15.3 Å². The van der Waals surface area contributed by atoms with Crippen LogP contribution in [-0.4, -0.2) is 26.3 Å². The van der Waals surface area contributed by atoms with Gasteiger partial charge in [0.05, 0.1) is 5.25 Å². The molecule has 4 nitrogen and oxygen atoms in total. The van der Waals surface area contributed by atoms with E-state index in [9.17, 15) is 8.42 Å². The van der Waals surface area contributed by atoms with Crippen LogP contribution in [0, 0.1) is 0 Å². The molecule has 0 aromatic carbocycles. The van der Waals surface area contributed by atoms with Gasteiger partial charge in [-0.05, 0) is 28.9 Å². The second-order valence-electron chi connectivity index (χ2n) is 4.47. The normalized spacial score (nSPS) is 14.1. The zero-order chi connectivity index (χ0) is 13.8. The van der Waals surface area contributed by atoms with E-state index in [-0.39, 0.29) is 6.04 Å². The lowest BCUT2D eigenvalue weighted by molar-refractivity contribution is 0.541. The van der Waals surface area contributed by atoms with Gasteiger partial charge in [0.15, 0.2) is 0 Å². The first-order valence-corrected chi connectivity index (χ1v) is 8.98. The molecule has 1 rings (SSSR count). The predicted molar refractivity (Wildman–Crippen MR) is 80.4 cm³/mol. The minimum atomic E-state index is -3.27. The van der Waals surface area contributed by atoms with Crippen molar-refractivity contribution in [3.05, 3.63) is 20.8 Å². The van der Waals surface area contributed by atoms with Crippen LogP contribution in [-0.2, 0) is 16.6 Å². The minimum Gasteiger partial charge on any atom is -0.313 e. The molecular weight excluding hydrogens is 336 g/mol. The molecule has 0 bridgehead atoms. The summed E-state index contributed by atoms with van der Waals surface area (Å²) in [5, 5.41) is 4.63. The Balaban J connectivity index is 2.48. The zero-order valence-electron chi connectivity index (χ0n) is 10.7. The molecule has 1 aromatic heterocycles. The van der Waals surface area contributed by atoms with E-state index in [4.69, 9.17) is 0 Å². The van der Waals surface area contributed by atoms with Gasteiger partial charge in [0, 0.05) is 33.9 Å². The Bertz CT molecular complexity index is 471. The lowest BCUT2D eigenvalue weighted by Gasteiger charge is -2.16. The predicted octanol–water partition coefficient (Wildman–Crippen LogP) is 2.32. The Hall–Kier alpha value is 0.0500. The Morgan fingerprint density at radius 1 is 1.39 bits per heavy atom. The smallest absolute Gasteiger partial charge is 0.215 e. The highest BCUT2D eigenvalue weighted by Gasteiger charge is 2.20. The maximum atomic E-state index is 12.0. The SMILES string of the molecule is CC(C)NCC(C)S(=O)(=O)NCc1cc(Br)cs1. The van der Waals surface area contributed by atoms with Gasteiger partial charge in [0.1, 0.15) is 0 Å². The maximum Gasteiger partial charge on any atom is 0.215 e. The number of halogens is 1. The molecule has 1 unspecified atom stereocenters. The molecule has 0 radical (unpaired) electrons. The highest BCUT2D eigenvalue weighted by atomic mass is 79.9. The minimum absolute atomic E-state index is 0.288. The molecule has 7 heteroatoms. The van der Waals surface area contributed by atoms with Crippen molar-refractivity contribution in [3.8, 4) is 0 Å². The topological polar surface area (TPSA) is 58.2 Å². The molecule has 0 aliphatic heterocycles. The third-order valence-electron chi connectivity index (χ3n) is 2.41. The number of rotatable bonds is 7. The summed E-state index contributed by atoms with van der Waals surface area (Å²) in [4.78, 5) is 0.995. The van der Waals surface area contributed by atoms with Crippen molar-refractivity contribution in [3.63, 3.8) is 0 Å². The Morgan fingerprint density at radius 3 is 2.56 bits per heavy atom. The quantitative estimate of drug-likeness (QED) is 0.789. The van der Waals surface area contributed by atoms with Crippen LogP contribution in [0.4, 0.5) is 0 Å². The van der Waals surface area contributed by atoms with Gasteiger partial charge in [-0.1, -0.05) is 13.8 Å². The lowest BCUT2D eigenvalue weighted by atomic mass is 10.3. The molecule has 1 heterocycles. The molecule has 0 saturated carbocycles. The lowest BCUT2D eigenvalue weighted by Crippen LogP contribution is -2.40. The molecule has 1 aromatic rings. The van der Waals surface area contributed by atoms with Crippen LogP contribution >= 0.6 is 27.3 Å². The van der Waals surface area contributed by atoms with Gasteiger partial charge in [-0.3, -0.25) is 0 Å². The fourth-order valence-corrected chi connectivity index (χ4v) is 3.71. The number of hydrogen-bond donors (Lipinski definition) is 2. The van der Waals surface area contributed by atoms with E-state index in [1.54, 1.807) is 6.92 Å². The number of thiophene rings is 1. The summed E-state index contributed by atoms with van der Waals surface area (Å²) in [7, 11) is -3.27. The van der Waals surface area contributed by atoms with E-state index in [0.717, 1.165) is 9.35 Å². The van der Waals surface area contributed by atoms with Crippen molar-refractivity contribution in [2.24, 2.45) is 0 Å². The molecule has 2 N–H and O–H groups in total. The highest BCUT2D eigenvalue weighted by Crippen LogP contribution is 2.19. The third-order valence-corrected chi connectivity index (χ3v) is 5.88. The van der Waals surface area contributed by atoms with Crippen LogP contribution < -0.4 is 10.0 Å². The van der Waals surface area contributed by atoms with Crippen molar-refractivity contribution < 1.29 is 8.42 Å². The number of sulfonamides is 1. The molecule has 0 aliphatic rings. The fourth-order valence-electron chi connectivity index (χ4n) is 1.27. The number of nitrogens with one attached hydrogen (secondary N) is 2. The first-order valence-electron chi connectivity index (χ1n) is 5.76. The second-order valence-corrected chi connectivity index (χ2v) is 8.57. The van der Waals surface area contributed by atoms with Crippen LogP contribution in [0.15, 0.2) is 15.9 Å². The van der Waals surface area contributed by atoms with Crippen LogP contribution in [0.25, 0.3) is 0 Å². The van der Waals surface area contributed by atoms with Crippen molar-refractivity contribution in [1.29, 1.82) is 0 Å². The van der Waals surface area contributed by atoms with Gasteiger partial charge in [-0.15, -0.1) is 11.3 Å². The molecular formula is C11H19BrN2O2S2. The second kappa shape index (κ2) is 7.00. The van der Waals surface area contributed by atoms with Gasteiger partial charge in [0.2, 0.25) is 10.0 Å². The van der Waals surface area contributed by atoms with Crippen molar-refractivity contribution in [2.75, 3.05) is 6.54 Å². The maximum absolute atomic E-state index is 12.0. The van der Waals surface area contributed by atoms with Crippen molar-refractivity contribution in [1.82, 2.24) is 10.0 Å². The van der Waals surface area contributed by atoms with E-state index in [1.165, 1.54) is 11.3 Å². The first kappa shape index (κ1) is 16.1. The Morgan fingerprint density at radius 2 is 2.06 bits per heavy atom. The molecule has 0 spiro atoms. The standard InChI is InChI=1S/C11H19BrN2O2S2/c1-8(2)13-5-9(3)18(15,16)14-6-11-4-10(12)7-17-11/h4,7-9,13-14H,5-6H2,1-3H3. The van der Waals surface area contributed by atoms with Crippen molar-refractivity contribution in [2.45, 2.75) is 38.6 Å². The molecule has 1 atom stereocenters. The average molecular weight is 355 g/mol. The summed E-state index contributed by atoms with van der Waals surface area (Å²) in [6.45, 7) is 6.51. The largest absolute Gasteiger partial charge is 0.313 e. The molecule has 18 heavy (non-hydrogen) atoms. The first-order chi connectivity index (χ1) is 8.31. The fraction of sp³-hybridized carbons (Fsp3) is 0.636. The number of hydrogen-bond acceptors (Lipinski definition) is 4. The molecule has 0 aliphatic carbocycles. The summed E-state index contributed by atoms with van der Waals surface area (Å²) in [6, 6.07) is 2.21. The van der Waals surface area contributed by atoms with Crippen LogP contribution in [0.2, 0.25) is 0 Å². The van der Waals surface area contributed by atoms with Crippen molar-refractivity contribution >= 4 is 37.3 Å². The Labute approximate surface area is 121 Å². The van der Waals surface area contributed by atoms with E-state index >= 15 is 0 Å². The van der Waals surface area contributed by atoms with Crippen LogP contribution in [0.3, 0.4) is 0 Å². The van der Waals surface area contributed by atoms with Crippen LogP contribution in [0.5, 0.6) is 0 Å². The molecule has 0 amide bonds. The van der Waals surface area contributed by atoms with Gasteiger partial charge in [0.25, 0.3) is 0 Å². The van der Waals surface area contributed by atoms with Gasteiger partial charge in [-0.25, -0.2) is 13.1 Å². The van der Waals surface area contributed by atoms with Crippen LogP contribution in [0.1, 0.15) is 25.6 Å². The van der Waals surface area contributed by atoms with E-state index in [0.29, 0.717) is 13.1 Å². The zero-order valence-corrected chi connectivity index (χ0v) is 14.0. The van der Waals surface area contributed by atoms with Gasteiger partial charge in [-0.2, -0.15) is 0 Å². The average Bonchev–Trinajstić information content (AvgIpc) is 2.69. The Kier molecular flexibility index (Phi) is 6.26. The summed E-state index contributed by atoms with van der Waals surface area (Å²) >= 11 is 4.88. The van der Waals surface area contributed by atoms with E-state index in [1.807, 2.05) is 25.3 Å². The summed E-state index contributed by atoms with van der Waals surface area (Å²) in [5.74, 6) is 0. The summed E-state index contributed by atoms with van der Waals surface area (Å²) in [5.41, 5.74) is 0. The van der Waals surface area contributed by atoms with E-state index in [2.05, 4.69) is 26.0 Å². The molecule has 0 fully saturated rings. The highest BCUT2D eigenvalue weighted by molar-refractivity contribution is 9.10. The molecule has 104 valence electrons. The monoisotopic (exact) mass is 354 g/mol. The summed E-state index contributed by atoms with van der Waals surface area (Å²) in [6.07, 6.45) is 0. The van der Waals surface area contributed by atoms with Gasteiger partial charge < -0.3 is 5.32 Å². The van der Waals surface area contributed by atoms with Gasteiger partial charge >= 0.3 is 0 Å². The summed E-state index contributed by atoms with van der Waals surface area (Å²) < 4.78 is 27.5. The molecule has 0 saturated heterocycles.